The Morgan fingerprint density at radius 1 is 0.966 bits per heavy atom. The number of benzene rings is 2. The van der Waals surface area contributed by atoms with Crippen LogP contribution in [0, 0.1) is 11.3 Å². The van der Waals surface area contributed by atoms with Crippen LogP contribution in [0.5, 0.6) is 17.2 Å². The minimum Gasteiger partial charge on any atom is -0.496 e. The second-order valence-corrected chi connectivity index (χ2v) is 6.31. The molecule has 2 N–H and O–H groups in total. The Balaban J connectivity index is 2.47. The van der Waals surface area contributed by atoms with E-state index in [0.29, 0.717) is 40.4 Å². The van der Waals surface area contributed by atoms with Gasteiger partial charge in [-0.3, -0.25) is 0 Å². The highest BCUT2D eigenvalue weighted by Gasteiger charge is 2.25. The van der Waals surface area contributed by atoms with Gasteiger partial charge in [0.1, 0.15) is 34.7 Å². The highest BCUT2D eigenvalue weighted by molar-refractivity contribution is 5.90. The van der Waals surface area contributed by atoms with Crippen molar-refractivity contribution in [3.63, 3.8) is 0 Å². The lowest BCUT2D eigenvalue weighted by atomic mass is 9.89. The van der Waals surface area contributed by atoms with E-state index in [1.165, 1.54) is 0 Å². The van der Waals surface area contributed by atoms with Crippen LogP contribution >= 0.6 is 0 Å². The molecule has 148 valence electrons. The summed E-state index contributed by atoms with van der Waals surface area (Å²) in [7, 11) is 4.71. The minimum absolute atomic E-state index is 0.165. The molecular weight excluding hydrogens is 366 g/mol. The van der Waals surface area contributed by atoms with Gasteiger partial charge in [0.15, 0.2) is 0 Å². The molecule has 0 saturated heterocycles. The Labute approximate surface area is 170 Å². The summed E-state index contributed by atoms with van der Waals surface area (Å²) >= 11 is 0. The Hall–Kier alpha value is -3.72. The molecule has 0 fully saturated rings. The smallest absolute Gasteiger partial charge is 0.142 e. The van der Waals surface area contributed by atoms with Crippen molar-refractivity contribution in [1.29, 1.82) is 5.26 Å². The molecule has 0 spiro atoms. The van der Waals surface area contributed by atoms with Gasteiger partial charge in [0, 0.05) is 23.3 Å². The zero-order valence-corrected chi connectivity index (χ0v) is 16.9. The SMILES string of the molecule is CCc1c(-c2ccccc2)nc(N)c(C#N)c1-c1c(OC)cc(OC)cc1OC. The monoisotopic (exact) mass is 389 g/mol. The van der Waals surface area contributed by atoms with Gasteiger partial charge >= 0.3 is 0 Å². The number of aromatic nitrogens is 1. The highest BCUT2D eigenvalue weighted by atomic mass is 16.5. The van der Waals surface area contributed by atoms with Gasteiger partial charge in [0.05, 0.1) is 32.6 Å². The maximum Gasteiger partial charge on any atom is 0.142 e. The first-order valence-electron chi connectivity index (χ1n) is 9.17. The van der Waals surface area contributed by atoms with Gasteiger partial charge in [0.25, 0.3) is 0 Å². The first-order valence-corrected chi connectivity index (χ1v) is 9.17. The lowest BCUT2D eigenvalue weighted by Gasteiger charge is -2.21. The summed E-state index contributed by atoms with van der Waals surface area (Å²) in [4.78, 5) is 4.56. The van der Waals surface area contributed by atoms with Crippen molar-refractivity contribution in [2.24, 2.45) is 0 Å². The van der Waals surface area contributed by atoms with Gasteiger partial charge in [0.2, 0.25) is 0 Å². The molecule has 6 heteroatoms. The number of hydrogen-bond acceptors (Lipinski definition) is 6. The average molecular weight is 389 g/mol. The van der Waals surface area contributed by atoms with Crippen LogP contribution in [0.25, 0.3) is 22.4 Å². The lowest BCUT2D eigenvalue weighted by Crippen LogP contribution is -2.07. The molecule has 0 radical (unpaired) electrons. The lowest BCUT2D eigenvalue weighted by molar-refractivity contribution is 0.377. The molecule has 1 heterocycles. The Morgan fingerprint density at radius 3 is 2.07 bits per heavy atom. The van der Waals surface area contributed by atoms with Crippen molar-refractivity contribution in [2.45, 2.75) is 13.3 Å². The number of pyridine rings is 1. The van der Waals surface area contributed by atoms with E-state index in [0.717, 1.165) is 16.8 Å². The van der Waals surface area contributed by atoms with Crippen molar-refractivity contribution in [3.8, 4) is 45.7 Å². The van der Waals surface area contributed by atoms with Crippen LogP contribution in [0.15, 0.2) is 42.5 Å². The molecule has 0 unspecified atom stereocenters. The van der Waals surface area contributed by atoms with E-state index in [2.05, 4.69) is 11.1 Å². The zero-order valence-electron chi connectivity index (χ0n) is 16.9. The maximum absolute atomic E-state index is 9.89. The van der Waals surface area contributed by atoms with Gasteiger partial charge in [-0.05, 0) is 12.0 Å². The molecule has 0 bridgehead atoms. The van der Waals surface area contributed by atoms with Crippen molar-refractivity contribution in [3.05, 3.63) is 53.6 Å². The fourth-order valence-electron chi connectivity index (χ4n) is 3.46. The molecule has 29 heavy (non-hydrogen) atoms. The van der Waals surface area contributed by atoms with Gasteiger partial charge in [-0.2, -0.15) is 5.26 Å². The van der Waals surface area contributed by atoms with Crippen LogP contribution in [0.4, 0.5) is 5.82 Å². The molecule has 3 rings (SSSR count). The number of ether oxygens (including phenoxy) is 3. The van der Waals surface area contributed by atoms with E-state index < -0.39 is 0 Å². The van der Waals surface area contributed by atoms with Crippen molar-refractivity contribution < 1.29 is 14.2 Å². The van der Waals surface area contributed by atoms with Gasteiger partial charge in [-0.25, -0.2) is 4.98 Å². The molecule has 2 aromatic carbocycles. The molecule has 0 aliphatic carbocycles. The summed E-state index contributed by atoms with van der Waals surface area (Å²) in [5.74, 6) is 1.80. The second-order valence-electron chi connectivity index (χ2n) is 6.31. The molecular formula is C23H23N3O3. The second kappa shape index (κ2) is 8.53. The summed E-state index contributed by atoms with van der Waals surface area (Å²) < 4.78 is 16.6. The molecule has 6 nitrogen and oxygen atoms in total. The van der Waals surface area contributed by atoms with E-state index >= 15 is 0 Å². The van der Waals surface area contributed by atoms with Crippen LogP contribution in [0.2, 0.25) is 0 Å². The number of hydrogen-bond donors (Lipinski definition) is 1. The fraction of sp³-hybridized carbons (Fsp3) is 0.217. The summed E-state index contributed by atoms with van der Waals surface area (Å²) in [6.45, 7) is 2.02. The van der Waals surface area contributed by atoms with Crippen LogP contribution in [-0.2, 0) is 6.42 Å². The topological polar surface area (TPSA) is 90.4 Å². The number of methoxy groups -OCH3 is 3. The van der Waals surface area contributed by atoms with E-state index in [-0.39, 0.29) is 5.82 Å². The number of anilines is 1. The van der Waals surface area contributed by atoms with Crippen LogP contribution in [-0.4, -0.2) is 26.3 Å². The standard InChI is InChI=1S/C23H23N3O3/c1-5-16-20(21-18(28-3)11-15(27-2)12-19(21)29-4)17(13-24)23(25)26-22(16)14-9-7-6-8-10-14/h6-12H,5H2,1-4H3,(H2,25,26). The van der Waals surface area contributed by atoms with E-state index in [1.54, 1.807) is 33.5 Å². The van der Waals surface area contributed by atoms with Gasteiger partial charge in [-0.15, -0.1) is 0 Å². The van der Waals surface area contributed by atoms with Crippen molar-refractivity contribution >= 4 is 5.82 Å². The zero-order chi connectivity index (χ0) is 21.0. The summed E-state index contributed by atoms with van der Waals surface area (Å²) in [5, 5.41) is 9.89. The quantitative estimate of drug-likeness (QED) is 0.669. The third-order valence-electron chi connectivity index (χ3n) is 4.80. The third-order valence-corrected chi connectivity index (χ3v) is 4.80. The predicted molar refractivity (Wildman–Crippen MR) is 113 cm³/mol. The third kappa shape index (κ3) is 3.55. The van der Waals surface area contributed by atoms with E-state index in [4.69, 9.17) is 19.9 Å². The molecule has 0 atom stereocenters. The molecule has 0 amide bonds. The predicted octanol–water partition coefficient (Wildman–Crippen LogP) is 4.46. The number of nitriles is 1. The molecule has 0 aliphatic heterocycles. The van der Waals surface area contributed by atoms with E-state index in [1.807, 2.05) is 37.3 Å². The van der Waals surface area contributed by atoms with Crippen molar-refractivity contribution in [1.82, 2.24) is 4.98 Å². The largest absolute Gasteiger partial charge is 0.496 e. The first kappa shape index (κ1) is 20.0. The minimum atomic E-state index is 0.165. The Morgan fingerprint density at radius 2 is 1.59 bits per heavy atom. The Kier molecular flexibility index (Phi) is 5.89. The van der Waals surface area contributed by atoms with Gasteiger partial charge < -0.3 is 19.9 Å². The number of rotatable bonds is 6. The number of nitrogens with two attached hydrogens (primary N) is 1. The summed E-state index contributed by atoms with van der Waals surface area (Å²) in [5.41, 5.74) is 10.4. The fourth-order valence-corrected chi connectivity index (χ4v) is 3.46. The van der Waals surface area contributed by atoms with Gasteiger partial charge in [-0.1, -0.05) is 37.3 Å². The Bertz CT molecular complexity index is 1050. The normalized spacial score (nSPS) is 10.3. The molecule has 1 aromatic heterocycles. The molecule has 3 aromatic rings. The van der Waals surface area contributed by atoms with E-state index in [9.17, 15) is 5.26 Å². The van der Waals surface area contributed by atoms with Crippen LogP contribution in [0.1, 0.15) is 18.1 Å². The highest BCUT2D eigenvalue weighted by Crippen LogP contribution is 2.47. The molecule has 0 saturated carbocycles. The van der Waals surface area contributed by atoms with Crippen molar-refractivity contribution in [2.75, 3.05) is 27.1 Å². The molecule has 0 aliphatic rings. The first-order chi connectivity index (χ1) is 14.1. The van der Waals surface area contributed by atoms with Crippen LogP contribution in [0.3, 0.4) is 0 Å². The summed E-state index contributed by atoms with van der Waals surface area (Å²) in [6.07, 6.45) is 0.639. The number of nitrogen functional groups attached to an aromatic ring is 1. The van der Waals surface area contributed by atoms with Crippen LogP contribution < -0.4 is 19.9 Å². The summed E-state index contributed by atoms with van der Waals surface area (Å²) in [6, 6.07) is 15.5. The maximum atomic E-state index is 9.89. The average Bonchev–Trinajstić information content (AvgIpc) is 2.77. The number of nitrogens with zero attached hydrogens (tertiary/aromatic N) is 2.